The van der Waals surface area contributed by atoms with Crippen LogP contribution in [0.4, 0.5) is 0 Å². The van der Waals surface area contributed by atoms with Crippen molar-refractivity contribution < 1.29 is 9.53 Å². The van der Waals surface area contributed by atoms with Crippen molar-refractivity contribution in [3.8, 4) is 5.69 Å². The standard InChI is InChI=1S/C26H37N3O2/c1-2-31-20-21-8-7-15-28(18-21)19-23-9-3-4-10-25(23)27-26(30)22-11-13-24(14-12-22)29-16-5-6-17-29/h5-6,11-14,16-17,21,23,25H,2-4,7-10,15,18-20H2,1H3,(H,27,30)/t21-,23?,25?/m1/s1. The Morgan fingerprint density at radius 3 is 2.61 bits per heavy atom. The molecule has 1 aliphatic carbocycles. The first-order valence-corrected chi connectivity index (χ1v) is 12.1. The Kier molecular flexibility index (Phi) is 7.81. The van der Waals surface area contributed by atoms with Gasteiger partial charge in [0.25, 0.3) is 5.91 Å². The molecule has 0 bridgehead atoms. The van der Waals surface area contributed by atoms with Gasteiger partial charge in [0, 0.05) is 49.4 Å². The number of hydrogen-bond donors (Lipinski definition) is 1. The molecule has 168 valence electrons. The summed E-state index contributed by atoms with van der Waals surface area (Å²) in [5.41, 5.74) is 1.82. The quantitative estimate of drug-likeness (QED) is 0.679. The van der Waals surface area contributed by atoms with E-state index in [0.29, 0.717) is 11.8 Å². The highest BCUT2D eigenvalue weighted by Gasteiger charge is 2.30. The molecule has 5 nitrogen and oxygen atoms in total. The minimum Gasteiger partial charge on any atom is -0.381 e. The molecular formula is C26H37N3O2. The number of rotatable bonds is 8. The minimum atomic E-state index is 0.0591. The lowest BCUT2D eigenvalue weighted by Gasteiger charge is -2.39. The van der Waals surface area contributed by atoms with Gasteiger partial charge in [-0.2, -0.15) is 0 Å². The van der Waals surface area contributed by atoms with Crippen molar-refractivity contribution in [3.05, 3.63) is 54.4 Å². The zero-order valence-electron chi connectivity index (χ0n) is 18.8. The molecule has 4 rings (SSSR count). The van der Waals surface area contributed by atoms with E-state index in [1.54, 1.807) is 0 Å². The van der Waals surface area contributed by atoms with Crippen molar-refractivity contribution in [1.29, 1.82) is 0 Å². The summed E-state index contributed by atoms with van der Waals surface area (Å²) >= 11 is 0. The SMILES string of the molecule is CCOC[C@@H]1CCCN(CC2CCCCC2NC(=O)c2ccc(-n3cccc3)cc2)C1. The molecule has 5 heteroatoms. The number of nitrogens with zero attached hydrogens (tertiary/aromatic N) is 2. The van der Waals surface area contributed by atoms with Crippen LogP contribution < -0.4 is 5.32 Å². The Hall–Kier alpha value is -2.11. The lowest BCUT2D eigenvalue weighted by atomic mass is 9.83. The van der Waals surface area contributed by atoms with E-state index in [2.05, 4.69) is 21.7 Å². The zero-order chi connectivity index (χ0) is 21.5. The van der Waals surface area contributed by atoms with Crippen LogP contribution in [0.3, 0.4) is 0 Å². The molecule has 1 amide bonds. The molecule has 2 aromatic rings. The molecule has 1 N–H and O–H groups in total. The maximum atomic E-state index is 13.0. The van der Waals surface area contributed by atoms with E-state index in [0.717, 1.165) is 44.0 Å². The van der Waals surface area contributed by atoms with Crippen molar-refractivity contribution in [2.24, 2.45) is 11.8 Å². The molecule has 2 aliphatic rings. The molecular weight excluding hydrogens is 386 g/mol. The molecule has 1 aromatic carbocycles. The minimum absolute atomic E-state index is 0.0591. The van der Waals surface area contributed by atoms with E-state index >= 15 is 0 Å². The molecule has 1 saturated heterocycles. The van der Waals surface area contributed by atoms with Crippen LogP contribution in [-0.2, 0) is 4.74 Å². The number of likely N-dealkylation sites (tertiary alicyclic amines) is 1. The first-order valence-electron chi connectivity index (χ1n) is 12.1. The van der Waals surface area contributed by atoms with Gasteiger partial charge in [0.05, 0.1) is 6.61 Å². The average Bonchev–Trinajstić information content (AvgIpc) is 3.34. The van der Waals surface area contributed by atoms with Crippen molar-refractivity contribution in [1.82, 2.24) is 14.8 Å². The second-order valence-corrected chi connectivity index (χ2v) is 9.19. The van der Waals surface area contributed by atoms with Crippen molar-refractivity contribution in [2.75, 3.05) is 32.8 Å². The summed E-state index contributed by atoms with van der Waals surface area (Å²) in [7, 11) is 0. The largest absolute Gasteiger partial charge is 0.381 e. The third-order valence-electron chi connectivity index (χ3n) is 6.91. The Morgan fingerprint density at radius 2 is 1.84 bits per heavy atom. The molecule has 2 unspecified atom stereocenters. The fourth-order valence-electron chi connectivity index (χ4n) is 5.23. The predicted octanol–water partition coefficient (Wildman–Crippen LogP) is 4.51. The van der Waals surface area contributed by atoms with Crippen LogP contribution in [0.15, 0.2) is 48.8 Å². The summed E-state index contributed by atoms with van der Waals surface area (Å²) in [5.74, 6) is 1.26. The van der Waals surface area contributed by atoms with Gasteiger partial charge in [0.2, 0.25) is 0 Å². The fourth-order valence-corrected chi connectivity index (χ4v) is 5.23. The second kappa shape index (κ2) is 11.0. The maximum Gasteiger partial charge on any atom is 0.251 e. The van der Waals surface area contributed by atoms with Gasteiger partial charge in [0.1, 0.15) is 0 Å². The van der Waals surface area contributed by atoms with Crippen LogP contribution in [0.1, 0.15) is 55.8 Å². The van der Waals surface area contributed by atoms with Gasteiger partial charge < -0.3 is 19.5 Å². The smallest absolute Gasteiger partial charge is 0.251 e. The summed E-state index contributed by atoms with van der Waals surface area (Å²) in [6.45, 7) is 7.18. The number of amides is 1. The van der Waals surface area contributed by atoms with Crippen LogP contribution in [0.2, 0.25) is 0 Å². The molecule has 0 radical (unpaired) electrons. The van der Waals surface area contributed by atoms with Gasteiger partial charge in [-0.25, -0.2) is 0 Å². The monoisotopic (exact) mass is 423 g/mol. The molecule has 2 heterocycles. The molecule has 1 saturated carbocycles. The van der Waals surface area contributed by atoms with E-state index in [9.17, 15) is 4.79 Å². The Morgan fingerprint density at radius 1 is 1.06 bits per heavy atom. The topological polar surface area (TPSA) is 46.5 Å². The number of carbonyl (C=O) groups excluding carboxylic acids is 1. The summed E-state index contributed by atoms with van der Waals surface area (Å²) in [4.78, 5) is 15.6. The number of carbonyl (C=O) groups is 1. The Labute approximate surface area is 186 Å². The number of hydrogen-bond acceptors (Lipinski definition) is 3. The third kappa shape index (κ3) is 5.98. The number of aromatic nitrogens is 1. The number of benzene rings is 1. The van der Waals surface area contributed by atoms with Crippen LogP contribution in [0.5, 0.6) is 0 Å². The van der Waals surface area contributed by atoms with Crippen molar-refractivity contribution in [3.63, 3.8) is 0 Å². The maximum absolute atomic E-state index is 13.0. The van der Waals surface area contributed by atoms with E-state index in [-0.39, 0.29) is 11.9 Å². The number of ether oxygens (including phenoxy) is 1. The Balaban J connectivity index is 1.33. The Bertz CT molecular complexity index is 803. The highest BCUT2D eigenvalue weighted by molar-refractivity contribution is 5.94. The van der Waals surface area contributed by atoms with Crippen LogP contribution in [0, 0.1) is 11.8 Å². The van der Waals surface area contributed by atoms with E-state index < -0.39 is 0 Å². The molecule has 2 fully saturated rings. The third-order valence-corrected chi connectivity index (χ3v) is 6.91. The molecule has 1 aromatic heterocycles. The van der Waals surface area contributed by atoms with Gasteiger partial charge in [-0.1, -0.05) is 12.8 Å². The molecule has 3 atom stereocenters. The highest BCUT2D eigenvalue weighted by atomic mass is 16.5. The second-order valence-electron chi connectivity index (χ2n) is 9.19. The van der Waals surface area contributed by atoms with Crippen LogP contribution in [0.25, 0.3) is 5.69 Å². The summed E-state index contributed by atoms with van der Waals surface area (Å²) in [6.07, 6.45) is 11.4. The lowest BCUT2D eigenvalue weighted by Crippen LogP contribution is -2.48. The average molecular weight is 424 g/mol. The van der Waals surface area contributed by atoms with E-state index in [1.807, 2.05) is 48.8 Å². The van der Waals surface area contributed by atoms with Crippen molar-refractivity contribution >= 4 is 5.91 Å². The summed E-state index contributed by atoms with van der Waals surface area (Å²) < 4.78 is 7.73. The van der Waals surface area contributed by atoms with Gasteiger partial charge in [-0.3, -0.25) is 4.79 Å². The molecule has 1 aliphatic heterocycles. The van der Waals surface area contributed by atoms with Crippen LogP contribution in [-0.4, -0.2) is 54.3 Å². The van der Waals surface area contributed by atoms with Gasteiger partial charge in [-0.15, -0.1) is 0 Å². The van der Waals surface area contributed by atoms with E-state index in [1.165, 1.54) is 38.6 Å². The number of nitrogens with one attached hydrogen (secondary N) is 1. The van der Waals surface area contributed by atoms with Crippen molar-refractivity contribution in [2.45, 2.75) is 51.5 Å². The first kappa shape index (κ1) is 22.1. The summed E-state index contributed by atoms with van der Waals surface area (Å²) in [6, 6.07) is 12.2. The van der Waals surface area contributed by atoms with Crippen LogP contribution >= 0.6 is 0 Å². The highest BCUT2D eigenvalue weighted by Crippen LogP contribution is 2.28. The predicted molar refractivity (Wildman–Crippen MR) is 125 cm³/mol. The van der Waals surface area contributed by atoms with Gasteiger partial charge >= 0.3 is 0 Å². The zero-order valence-corrected chi connectivity index (χ0v) is 18.8. The normalized spacial score (nSPS) is 24.7. The van der Waals surface area contributed by atoms with Gasteiger partial charge in [0.15, 0.2) is 0 Å². The van der Waals surface area contributed by atoms with E-state index in [4.69, 9.17) is 4.74 Å². The lowest BCUT2D eigenvalue weighted by molar-refractivity contribution is 0.0548. The summed E-state index contributed by atoms with van der Waals surface area (Å²) in [5, 5.41) is 3.38. The fraction of sp³-hybridized carbons (Fsp3) is 0.577. The molecule has 0 spiro atoms. The first-order chi connectivity index (χ1) is 15.2. The molecule has 31 heavy (non-hydrogen) atoms. The van der Waals surface area contributed by atoms with Gasteiger partial charge in [-0.05, 0) is 87.4 Å². The number of piperidine rings is 1.